The molecule has 0 nitrogen and oxygen atoms in total. The van der Waals surface area contributed by atoms with Gasteiger partial charge in [-0.15, -0.1) is 6.58 Å². The van der Waals surface area contributed by atoms with Gasteiger partial charge >= 0.3 is 6.18 Å². The summed E-state index contributed by atoms with van der Waals surface area (Å²) < 4.78 is 66.2. The molecule has 168 valence electrons. The second-order valence-electron chi connectivity index (χ2n) is 9.32. The summed E-state index contributed by atoms with van der Waals surface area (Å²) in [5.74, 6) is -0.810. The number of unbranched alkanes of at least 4 members (excludes halogenated alkanes) is 2. The molecule has 0 unspecified atom stereocenters. The lowest BCUT2D eigenvalue weighted by atomic mass is 9.68. The van der Waals surface area contributed by atoms with Crippen LogP contribution < -0.4 is 0 Å². The minimum absolute atomic E-state index is 0.0475. The van der Waals surface area contributed by atoms with Crippen molar-refractivity contribution < 1.29 is 22.0 Å². The van der Waals surface area contributed by atoms with Crippen LogP contribution in [-0.2, 0) is 6.18 Å². The number of halogens is 5. The summed E-state index contributed by atoms with van der Waals surface area (Å²) in [6, 6.07) is 1.79. The Labute approximate surface area is 176 Å². The van der Waals surface area contributed by atoms with Crippen molar-refractivity contribution in [3.63, 3.8) is 0 Å². The maximum absolute atomic E-state index is 13.9. The van der Waals surface area contributed by atoms with Crippen molar-refractivity contribution in [2.75, 3.05) is 0 Å². The smallest absolute Gasteiger partial charge is 0.206 e. The molecular weight excluding hydrogens is 395 g/mol. The Bertz CT molecular complexity index is 669. The van der Waals surface area contributed by atoms with Gasteiger partial charge in [-0.1, -0.05) is 31.8 Å². The predicted molar refractivity (Wildman–Crippen MR) is 110 cm³/mol. The Morgan fingerprint density at radius 1 is 0.833 bits per heavy atom. The molecule has 0 radical (unpaired) electrons. The summed E-state index contributed by atoms with van der Waals surface area (Å²) in [7, 11) is 0. The highest BCUT2D eigenvalue weighted by Crippen LogP contribution is 2.45. The van der Waals surface area contributed by atoms with Crippen LogP contribution in [0.5, 0.6) is 0 Å². The summed E-state index contributed by atoms with van der Waals surface area (Å²) in [5, 5.41) is 0. The van der Waals surface area contributed by atoms with Gasteiger partial charge in [0.25, 0.3) is 0 Å². The first-order chi connectivity index (χ1) is 14.3. The lowest BCUT2D eigenvalue weighted by Crippen LogP contribution is -2.25. The highest BCUT2D eigenvalue weighted by Gasteiger charge is 2.39. The molecule has 0 aromatic heterocycles. The average Bonchev–Trinajstić information content (AvgIpc) is 2.70. The molecule has 2 aliphatic carbocycles. The standard InChI is InChI=1S/C25H33F5/c1-2-3-4-5-6-17-7-9-18(10-8-17)19-11-13-20(14-12-19)21-15-22(26)24(23(27)16-21)25(28,29)30/h2,15-20H,1,3-14H2. The SMILES string of the molecule is C=CCCCCC1CCC(C2CCC(c3cc(F)c(C(F)(F)F)c(F)c3)CC2)CC1. The van der Waals surface area contributed by atoms with Crippen LogP contribution in [0, 0.1) is 29.4 Å². The lowest BCUT2D eigenvalue weighted by molar-refractivity contribution is -0.142. The molecule has 0 saturated heterocycles. The van der Waals surface area contributed by atoms with Gasteiger partial charge in [-0.3, -0.25) is 0 Å². The zero-order valence-electron chi connectivity index (χ0n) is 17.6. The van der Waals surface area contributed by atoms with Crippen LogP contribution >= 0.6 is 0 Å². The van der Waals surface area contributed by atoms with Crippen LogP contribution in [0.2, 0.25) is 0 Å². The number of hydrogen-bond acceptors (Lipinski definition) is 0. The molecule has 5 heteroatoms. The number of rotatable bonds is 7. The molecule has 2 aliphatic rings. The lowest BCUT2D eigenvalue weighted by Gasteiger charge is -2.38. The van der Waals surface area contributed by atoms with Crippen molar-refractivity contribution >= 4 is 0 Å². The van der Waals surface area contributed by atoms with Gasteiger partial charge in [0.15, 0.2) is 0 Å². The fourth-order valence-electron chi connectivity index (χ4n) is 5.69. The summed E-state index contributed by atoms with van der Waals surface area (Å²) in [4.78, 5) is 0. The largest absolute Gasteiger partial charge is 0.422 e. The number of benzene rings is 1. The summed E-state index contributed by atoms with van der Waals surface area (Å²) in [5.41, 5.74) is -1.40. The van der Waals surface area contributed by atoms with E-state index in [0.29, 0.717) is 11.5 Å². The highest BCUT2D eigenvalue weighted by atomic mass is 19.4. The van der Waals surface area contributed by atoms with E-state index in [1.807, 2.05) is 6.08 Å². The highest BCUT2D eigenvalue weighted by molar-refractivity contribution is 5.30. The quantitative estimate of drug-likeness (QED) is 0.231. The summed E-state index contributed by atoms with van der Waals surface area (Å²) in [6.45, 7) is 3.77. The van der Waals surface area contributed by atoms with E-state index in [0.717, 1.165) is 56.1 Å². The van der Waals surface area contributed by atoms with Crippen LogP contribution in [0.1, 0.15) is 94.1 Å². The molecule has 0 atom stereocenters. The number of allylic oxidation sites excluding steroid dienone is 1. The molecule has 1 aromatic rings. The van der Waals surface area contributed by atoms with Gasteiger partial charge < -0.3 is 0 Å². The van der Waals surface area contributed by atoms with Crippen molar-refractivity contribution in [2.45, 2.75) is 89.1 Å². The van der Waals surface area contributed by atoms with E-state index in [1.165, 1.54) is 44.9 Å². The third-order valence-electron chi connectivity index (χ3n) is 7.42. The first kappa shape index (κ1) is 23.3. The van der Waals surface area contributed by atoms with Gasteiger partial charge in [0.2, 0.25) is 0 Å². The molecule has 0 bridgehead atoms. The van der Waals surface area contributed by atoms with Crippen molar-refractivity contribution in [1.82, 2.24) is 0 Å². The minimum Gasteiger partial charge on any atom is -0.206 e. The number of hydrogen-bond donors (Lipinski definition) is 0. The molecule has 1 aromatic carbocycles. The van der Waals surface area contributed by atoms with Crippen LogP contribution in [0.15, 0.2) is 24.8 Å². The van der Waals surface area contributed by atoms with Crippen LogP contribution in [0.25, 0.3) is 0 Å². The molecule has 0 N–H and O–H groups in total. The van der Waals surface area contributed by atoms with E-state index < -0.39 is 23.4 Å². The molecule has 0 heterocycles. The molecule has 0 aliphatic heterocycles. The molecule has 30 heavy (non-hydrogen) atoms. The van der Waals surface area contributed by atoms with E-state index in [2.05, 4.69) is 6.58 Å². The Hall–Kier alpha value is -1.39. The summed E-state index contributed by atoms with van der Waals surface area (Å²) in [6.07, 6.45) is 10.7. The third kappa shape index (κ3) is 5.85. The Morgan fingerprint density at radius 3 is 1.87 bits per heavy atom. The second kappa shape index (κ2) is 10.3. The maximum Gasteiger partial charge on any atom is 0.422 e. The van der Waals surface area contributed by atoms with E-state index in [9.17, 15) is 22.0 Å². The molecule has 2 fully saturated rings. The zero-order chi connectivity index (χ0) is 21.7. The first-order valence-corrected chi connectivity index (χ1v) is 11.5. The van der Waals surface area contributed by atoms with Crippen LogP contribution in [0.3, 0.4) is 0 Å². The molecular formula is C25H33F5. The van der Waals surface area contributed by atoms with E-state index >= 15 is 0 Å². The zero-order valence-corrected chi connectivity index (χ0v) is 17.6. The van der Waals surface area contributed by atoms with E-state index in [1.54, 1.807) is 0 Å². The van der Waals surface area contributed by atoms with E-state index in [4.69, 9.17) is 0 Å². The van der Waals surface area contributed by atoms with Gasteiger partial charge in [-0.05, 0) is 92.7 Å². The minimum atomic E-state index is -5.01. The molecule has 3 rings (SSSR count). The second-order valence-corrected chi connectivity index (χ2v) is 9.32. The van der Waals surface area contributed by atoms with Gasteiger partial charge in [0, 0.05) is 0 Å². The Balaban J connectivity index is 1.48. The molecule has 2 saturated carbocycles. The first-order valence-electron chi connectivity index (χ1n) is 11.5. The van der Waals surface area contributed by atoms with Crippen molar-refractivity contribution in [3.8, 4) is 0 Å². The maximum atomic E-state index is 13.9. The fraction of sp³-hybridized carbons (Fsp3) is 0.680. The van der Waals surface area contributed by atoms with Gasteiger partial charge in [-0.2, -0.15) is 13.2 Å². The van der Waals surface area contributed by atoms with Gasteiger partial charge in [0.1, 0.15) is 17.2 Å². The van der Waals surface area contributed by atoms with Gasteiger partial charge in [-0.25, -0.2) is 8.78 Å². The van der Waals surface area contributed by atoms with Crippen LogP contribution in [0.4, 0.5) is 22.0 Å². The monoisotopic (exact) mass is 428 g/mol. The topological polar surface area (TPSA) is 0 Å². The van der Waals surface area contributed by atoms with Gasteiger partial charge in [0.05, 0.1) is 0 Å². The predicted octanol–water partition coefficient (Wildman–Crippen LogP) is 8.81. The van der Waals surface area contributed by atoms with E-state index in [-0.39, 0.29) is 5.92 Å². The molecule has 0 amide bonds. The third-order valence-corrected chi connectivity index (χ3v) is 7.42. The Morgan fingerprint density at radius 2 is 1.37 bits per heavy atom. The Kier molecular flexibility index (Phi) is 7.98. The van der Waals surface area contributed by atoms with Crippen molar-refractivity contribution in [1.29, 1.82) is 0 Å². The van der Waals surface area contributed by atoms with Crippen LogP contribution in [-0.4, -0.2) is 0 Å². The molecule has 0 spiro atoms. The average molecular weight is 429 g/mol. The normalized spacial score (nSPS) is 27.8. The fourth-order valence-corrected chi connectivity index (χ4v) is 5.69. The van der Waals surface area contributed by atoms with Crippen molar-refractivity contribution in [3.05, 3.63) is 47.5 Å². The number of alkyl halides is 3. The van der Waals surface area contributed by atoms with Crippen molar-refractivity contribution in [2.24, 2.45) is 17.8 Å². The summed E-state index contributed by atoms with van der Waals surface area (Å²) >= 11 is 0.